The Labute approximate surface area is 442 Å². The summed E-state index contributed by atoms with van der Waals surface area (Å²) in [5.74, 6) is -2.29. The molecule has 1 saturated heterocycles. The van der Waals surface area contributed by atoms with Crippen LogP contribution < -0.4 is 17.0 Å². The molecule has 2 unspecified atom stereocenters. The number of ketones is 2. The molecule has 0 aromatic heterocycles. The highest BCUT2D eigenvalue weighted by atomic mass is 79.9. The fraction of sp³-hybridized carbons (Fsp3) is 0.441. The van der Waals surface area contributed by atoms with Gasteiger partial charge in [-0.25, -0.2) is 9.59 Å². The van der Waals surface area contributed by atoms with Crippen molar-refractivity contribution in [2.24, 2.45) is 0 Å². The van der Waals surface area contributed by atoms with Gasteiger partial charge in [-0.1, -0.05) is 170 Å². The van der Waals surface area contributed by atoms with Crippen LogP contribution in [-0.4, -0.2) is 116 Å². The number of rotatable bonds is 28. The SMILES string of the molecule is C.C=CCOCC(O)COC(=O)c1ccccc1C(=O)c1ccccc1.C=CCOCC1CO1.CC#N.CCCC[N+](CCCC)(CCCC)CCCC.O=C(O)c1ccccc1C(=O)c1ccccc1.[Br-]. The highest BCUT2D eigenvalue weighted by Gasteiger charge is 2.25. The zero-order valence-electron chi connectivity index (χ0n) is 42.8. The second-order valence-corrected chi connectivity index (χ2v) is 16.5. The maximum absolute atomic E-state index is 12.6. The van der Waals surface area contributed by atoms with E-state index >= 15 is 0 Å². The van der Waals surface area contributed by atoms with E-state index in [0.717, 1.165) is 13.2 Å². The van der Waals surface area contributed by atoms with Crippen LogP contribution in [0.2, 0.25) is 0 Å². The van der Waals surface area contributed by atoms with Crippen molar-refractivity contribution in [3.05, 3.63) is 168 Å². The summed E-state index contributed by atoms with van der Waals surface area (Å²) in [7, 11) is 0. The predicted octanol–water partition coefficient (Wildman–Crippen LogP) is 9.02. The molecule has 72 heavy (non-hydrogen) atoms. The molecule has 4 aromatic carbocycles. The lowest BCUT2D eigenvalue weighted by Gasteiger charge is -2.39. The number of nitriles is 1. The molecule has 1 aliphatic heterocycles. The zero-order chi connectivity index (χ0) is 51.8. The Bertz CT molecular complexity index is 2090. The molecule has 0 amide bonds. The molecular formula is C59H83BrN2O10. The third-order valence-electron chi connectivity index (χ3n) is 10.7. The first kappa shape index (κ1) is 68.5. The molecule has 1 aliphatic rings. The first-order valence-electron chi connectivity index (χ1n) is 24.5. The number of carbonyl (C=O) groups is 4. The minimum atomic E-state index is -1.09. The standard InChI is InChI=1S/C20H20O5.C16H36N.C14H10O3.C6H10O2.C2H3N.CH4.BrH/c1-2-12-24-13-16(21)14-25-20(23)18-11-7-6-10-17(18)19(22)15-8-4-3-5-9-15;1-5-9-13-17(14-10-6-2,15-11-7-3)16-12-8-4;15-13(10-6-2-1-3-7-10)11-8-4-5-9-12(11)14(16)17;1-2-3-7-4-6-5-8-6;1-2-3;;/h2-11,16,21H,1,12-14H2;5-16H2,1-4H3;1-9H,(H,16,17);2,6H,1,3-5H2;1H3;1H4;1H/q;+1;;;;;/p-1. The van der Waals surface area contributed by atoms with Gasteiger partial charge in [0, 0.05) is 29.2 Å². The number of nitrogens with zero attached hydrogens (tertiary/aromatic N) is 2. The van der Waals surface area contributed by atoms with E-state index in [1.54, 1.807) is 103 Å². The lowest BCUT2D eigenvalue weighted by molar-refractivity contribution is -0.929. The summed E-state index contributed by atoms with van der Waals surface area (Å²) in [4.78, 5) is 48.0. The maximum atomic E-state index is 12.6. The van der Waals surface area contributed by atoms with Gasteiger partial charge in [0.05, 0.1) is 76.4 Å². The van der Waals surface area contributed by atoms with Crippen LogP contribution in [0.4, 0.5) is 0 Å². The molecule has 0 saturated carbocycles. The topological polar surface area (TPSA) is 173 Å². The zero-order valence-corrected chi connectivity index (χ0v) is 44.4. The maximum Gasteiger partial charge on any atom is 0.338 e. The molecule has 0 radical (unpaired) electrons. The largest absolute Gasteiger partial charge is 1.00 e. The van der Waals surface area contributed by atoms with E-state index in [1.807, 2.05) is 6.07 Å². The molecule has 13 heteroatoms. The van der Waals surface area contributed by atoms with Gasteiger partial charge in [-0.15, -0.1) is 13.2 Å². The number of aliphatic hydroxyl groups excluding tert-OH is 1. The van der Waals surface area contributed by atoms with Gasteiger partial charge in [-0.2, -0.15) is 5.26 Å². The number of hydrogen-bond acceptors (Lipinski definition) is 10. The van der Waals surface area contributed by atoms with Crippen molar-refractivity contribution in [2.45, 2.75) is 106 Å². The number of epoxide rings is 1. The van der Waals surface area contributed by atoms with E-state index in [0.29, 0.717) is 30.4 Å². The molecule has 4 aromatic rings. The van der Waals surface area contributed by atoms with Gasteiger partial charge in [-0.3, -0.25) is 9.59 Å². The number of carboxylic acids is 1. The second kappa shape index (κ2) is 43.0. The minimum Gasteiger partial charge on any atom is -1.00 e. The van der Waals surface area contributed by atoms with Crippen LogP contribution in [0.1, 0.15) is 146 Å². The highest BCUT2D eigenvalue weighted by molar-refractivity contribution is 6.15. The van der Waals surface area contributed by atoms with Crippen molar-refractivity contribution in [3.63, 3.8) is 0 Å². The number of benzene rings is 4. The normalized spacial score (nSPS) is 12.1. The van der Waals surface area contributed by atoms with E-state index < -0.39 is 18.0 Å². The van der Waals surface area contributed by atoms with E-state index in [-0.39, 0.29) is 71.4 Å². The Morgan fingerprint density at radius 3 is 1.40 bits per heavy atom. The molecule has 0 spiro atoms. The van der Waals surface area contributed by atoms with Gasteiger partial charge in [-0.05, 0) is 37.8 Å². The van der Waals surface area contributed by atoms with Crippen LogP contribution in [0.5, 0.6) is 0 Å². The molecule has 0 aliphatic carbocycles. The highest BCUT2D eigenvalue weighted by Crippen LogP contribution is 2.19. The summed E-state index contributed by atoms with van der Waals surface area (Å²) in [6.07, 6.45) is 13.8. The number of halogens is 1. The van der Waals surface area contributed by atoms with Crippen LogP contribution in [0.15, 0.2) is 135 Å². The van der Waals surface area contributed by atoms with Crippen LogP contribution in [0, 0.1) is 11.3 Å². The Balaban J connectivity index is 0. The predicted molar refractivity (Wildman–Crippen MR) is 285 cm³/mol. The van der Waals surface area contributed by atoms with Gasteiger partial charge < -0.3 is 50.6 Å². The van der Waals surface area contributed by atoms with Gasteiger partial charge in [0.2, 0.25) is 0 Å². The molecule has 396 valence electrons. The number of quaternary nitrogens is 1. The molecule has 5 rings (SSSR count). The summed E-state index contributed by atoms with van der Waals surface area (Å²) in [5, 5.41) is 26.1. The first-order chi connectivity index (χ1) is 33.9. The summed E-state index contributed by atoms with van der Waals surface area (Å²) in [5.41, 5.74) is 1.64. The molecule has 2 atom stereocenters. The number of carboxylic acid groups (broad SMARTS) is 1. The number of carbonyl (C=O) groups excluding carboxylic acids is 3. The number of ether oxygens (including phenoxy) is 4. The Hall–Kier alpha value is -5.59. The molecule has 0 bridgehead atoms. The van der Waals surface area contributed by atoms with E-state index in [4.69, 9.17) is 29.3 Å². The van der Waals surface area contributed by atoms with Crippen LogP contribution in [0.3, 0.4) is 0 Å². The summed E-state index contributed by atoms with van der Waals surface area (Å²) in [6, 6.07) is 31.7. The first-order valence-corrected chi connectivity index (χ1v) is 24.5. The Morgan fingerprint density at radius 2 is 1.03 bits per heavy atom. The molecule has 1 fully saturated rings. The van der Waals surface area contributed by atoms with Gasteiger partial charge in [0.15, 0.2) is 11.6 Å². The lowest BCUT2D eigenvalue weighted by atomic mass is 9.98. The van der Waals surface area contributed by atoms with Crippen molar-refractivity contribution in [2.75, 3.05) is 65.8 Å². The third kappa shape index (κ3) is 29.1. The summed E-state index contributed by atoms with van der Waals surface area (Å²) < 4.78 is 21.6. The fourth-order valence-corrected chi connectivity index (χ4v) is 6.89. The molecule has 12 nitrogen and oxygen atoms in total. The van der Waals surface area contributed by atoms with Gasteiger partial charge in [0.1, 0.15) is 18.8 Å². The van der Waals surface area contributed by atoms with Crippen molar-refractivity contribution in [1.82, 2.24) is 0 Å². The third-order valence-corrected chi connectivity index (χ3v) is 10.7. The Kier molecular flexibility index (Phi) is 40.9. The van der Waals surface area contributed by atoms with Crippen molar-refractivity contribution >= 4 is 23.5 Å². The molecule has 2 N–H and O–H groups in total. The average molecular weight is 1060 g/mol. The number of aliphatic hydroxyl groups is 1. The number of esters is 1. The van der Waals surface area contributed by atoms with Gasteiger partial charge >= 0.3 is 11.9 Å². The second-order valence-electron chi connectivity index (χ2n) is 16.5. The quantitative estimate of drug-likeness (QED) is 0.0139. The van der Waals surface area contributed by atoms with Crippen molar-refractivity contribution in [3.8, 4) is 6.07 Å². The van der Waals surface area contributed by atoms with Crippen molar-refractivity contribution < 1.29 is 69.8 Å². The van der Waals surface area contributed by atoms with E-state index in [1.165, 1.54) is 107 Å². The van der Waals surface area contributed by atoms with Crippen LogP contribution in [0.25, 0.3) is 0 Å². The average Bonchev–Trinajstić information content (AvgIpc) is 4.23. The van der Waals surface area contributed by atoms with Gasteiger partial charge in [0.25, 0.3) is 0 Å². The fourth-order valence-electron chi connectivity index (χ4n) is 6.89. The van der Waals surface area contributed by atoms with Crippen LogP contribution in [-0.2, 0) is 18.9 Å². The summed E-state index contributed by atoms with van der Waals surface area (Å²) in [6.45, 7) is 25.8. The number of aromatic carboxylic acids is 1. The molecule has 1 heterocycles. The minimum absolute atomic E-state index is 0. The number of unbranched alkanes of at least 4 members (excludes halogenated alkanes) is 4. The Morgan fingerprint density at radius 1 is 0.667 bits per heavy atom. The lowest BCUT2D eigenvalue weighted by Crippen LogP contribution is -3.00. The van der Waals surface area contributed by atoms with E-state index in [2.05, 4.69) is 40.9 Å². The number of hydrogen-bond donors (Lipinski definition) is 2. The smallest absolute Gasteiger partial charge is 0.338 e. The van der Waals surface area contributed by atoms with E-state index in [9.17, 15) is 24.3 Å². The monoisotopic (exact) mass is 1060 g/mol. The van der Waals surface area contributed by atoms with Crippen molar-refractivity contribution in [1.29, 1.82) is 5.26 Å². The summed E-state index contributed by atoms with van der Waals surface area (Å²) >= 11 is 0. The molecular weight excluding hydrogens is 977 g/mol. The van der Waals surface area contributed by atoms with Crippen LogP contribution >= 0.6 is 0 Å².